The van der Waals surface area contributed by atoms with Crippen molar-refractivity contribution in [2.24, 2.45) is 0 Å². The van der Waals surface area contributed by atoms with Gasteiger partial charge in [-0.15, -0.1) is 0 Å². The lowest BCUT2D eigenvalue weighted by Gasteiger charge is -2.16. The van der Waals surface area contributed by atoms with Crippen LogP contribution in [0.1, 0.15) is 23.0 Å². The molecule has 0 saturated heterocycles. The quantitative estimate of drug-likeness (QED) is 0.920. The Morgan fingerprint density at radius 1 is 1.33 bits per heavy atom. The van der Waals surface area contributed by atoms with E-state index in [1.165, 1.54) is 0 Å². The van der Waals surface area contributed by atoms with Crippen LogP contribution < -0.4 is 5.32 Å². The van der Waals surface area contributed by atoms with Gasteiger partial charge in [0.25, 0.3) is 0 Å². The summed E-state index contributed by atoms with van der Waals surface area (Å²) in [5.74, 6) is 0. The first-order valence-electron chi connectivity index (χ1n) is 5.90. The van der Waals surface area contributed by atoms with Crippen molar-refractivity contribution in [2.75, 3.05) is 7.05 Å². The van der Waals surface area contributed by atoms with E-state index in [4.69, 9.17) is 11.6 Å². The van der Waals surface area contributed by atoms with Gasteiger partial charge in [0, 0.05) is 18.1 Å². The monoisotopic (exact) mass is 261 g/mol. The molecule has 94 valence electrons. The zero-order valence-corrected chi connectivity index (χ0v) is 11.3. The number of hydrogen-bond acceptors (Lipinski definition) is 3. The third kappa shape index (κ3) is 3.06. The minimum atomic E-state index is 0.157. The standard InChI is InChI=1S/C14H16ClN3/c1-10-4-3-5-13(18-10)14(16-2)8-11-6-7-17-9-12(11)15/h3-7,9,14,16H,8H2,1-2H3. The van der Waals surface area contributed by atoms with Gasteiger partial charge in [-0.25, -0.2) is 0 Å². The summed E-state index contributed by atoms with van der Waals surface area (Å²) >= 11 is 6.13. The molecular formula is C14H16ClN3. The summed E-state index contributed by atoms with van der Waals surface area (Å²) < 4.78 is 0. The predicted molar refractivity (Wildman–Crippen MR) is 73.7 cm³/mol. The van der Waals surface area contributed by atoms with Crippen LogP contribution in [-0.2, 0) is 6.42 Å². The van der Waals surface area contributed by atoms with Crippen LogP contribution in [-0.4, -0.2) is 17.0 Å². The van der Waals surface area contributed by atoms with Crippen molar-refractivity contribution >= 4 is 11.6 Å². The van der Waals surface area contributed by atoms with Crippen LogP contribution in [0.2, 0.25) is 5.02 Å². The Morgan fingerprint density at radius 2 is 2.17 bits per heavy atom. The van der Waals surface area contributed by atoms with Gasteiger partial charge in [-0.3, -0.25) is 9.97 Å². The van der Waals surface area contributed by atoms with Gasteiger partial charge >= 0.3 is 0 Å². The maximum Gasteiger partial charge on any atom is 0.0622 e. The highest BCUT2D eigenvalue weighted by molar-refractivity contribution is 6.31. The maximum atomic E-state index is 6.13. The van der Waals surface area contributed by atoms with E-state index in [0.717, 1.165) is 23.4 Å². The van der Waals surface area contributed by atoms with Crippen molar-refractivity contribution in [3.05, 3.63) is 58.6 Å². The van der Waals surface area contributed by atoms with Crippen molar-refractivity contribution in [3.63, 3.8) is 0 Å². The second-order valence-corrected chi connectivity index (χ2v) is 4.62. The number of likely N-dealkylation sites (N-methyl/N-ethyl adjacent to an activating group) is 1. The average Bonchev–Trinajstić information content (AvgIpc) is 2.38. The number of nitrogens with one attached hydrogen (secondary N) is 1. The summed E-state index contributed by atoms with van der Waals surface area (Å²) in [5, 5.41) is 3.98. The van der Waals surface area contributed by atoms with Crippen LogP contribution in [0.4, 0.5) is 0 Å². The summed E-state index contributed by atoms with van der Waals surface area (Å²) in [6, 6.07) is 8.15. The molecule has 4 heteroatoms. The number of aromatic nitrogens is 2. The van der Waals surface area contributed by atoms with Crippen molar-refractivity contribution < 1.29 is 0 Å². The molecule has 0 aromatic carbocycles. The lowest BCUT2D eigenvalue weighted by Crippen LogP contribution is -2.20. The number of aryl methyl sites for hydroxylation is 1. The van der Waals surface area contributed by atoms with Crippen LogP contribution in [0.5, 0.6) is 0 Å². The smallest absolute Gasteiger partial charge is 0.0622 e. The molecule has 0 amide bonds. The summed E-state index contributed by atoms with van der Waals surface area (Å²) in [4.78, 5) is 8.55. The zero-order valence-electron chi connectivity index (χ0n) is 10.5. The molecule has 0 aliphatic rings. The minimum Gasteiger partial charge on any atom is -0.311 e. The average molecular weight is 262 g/mol. The second kappa shape index (κ2) is 5.94. The van der Waals surface area contributed by atoms with Gasteiger partial charge in [-0.1, -0.05) is 17.7 Å². The van der Waals surface area contributed by atoms with E-state index in [1.807, 2.05) is 38.2 Å². The van der Waals surface area contributed by atoms with Gasteiger partial charge in [-0.2, -0.15) is 0 Å². The fourth-order valence-electron chi connectivity index (χ4n) is 1.90. The highest BCUT2D eigenvalue weighted by atomic mass is 35.5. The van der Waals surface area contributed by atoms with Crippen LogP contribution in [0.15, 0.2) is 36.7 Å². The molecular weight excluding hydrogens is 246 g/mol. The first-order valence-corrected chi connectivity index (χ1v) is 6.27. The second-order valence-electron chi connectivity index (χ2n) is 4.22. The van der Waals surface area contributed by atoms with Crippen LogP contribution in [0.3, 0.4) is 0 Å². The maximum absolute atomic E-state index is 6.13. The Labute approximate surface area is 112 Å². The van der Waals surface area contributed by atoms with E-state index in [2.05, 4.69) is 15.3 Å². The number of nitrogens with zero attached hydrogens (tertiary/aromatic N) is 2. The summed E-state index contributed by atoms with van der Waals surface area (Å²) in [6.07, 6.45) is 4.24. The topological polar surface area (TPSA) is 37.8 Å². The molecule has 3 nitrogen and oxygen atoms in total. The Hall–Kier alpha value is -1.45. The van der Waals surface area contributed by atoms with E-state index in [-0.39, 0.29) is 6.04 Å². The predicted octanol–water partition coefficient (Wildman–Crippen LogP) is 2.94. The molecule has 0 aliphatic carbocycles. The fourth-order valence-corrected chi connectivity index (χ4v) is 2.10. The summed E-state index contributed by atoms with van der Waals surface area (Å²) in [6.45, 7) is 2.00. The van der Waals surface area contributed by atoms with E-state index in [0.29, 0.717) is 5.02 Å². The fraction of sp³-hybridized carbons (Fsp3) is 0.286. The van der Waals surface area contributed by atoms with Crippen LogP contribution >= 0.6 is 11.6 Å². The Bertz CT molecular complexity index is 528. The minimum absolute atomic E-state index is 0.157. The largest absolute Gasteiger partial charge is 0.311 e. The lowest BCUT2D eigenvalue weighted by atomic mass is 10.0. The zero-order chi connectivity index (χ0) is 13.0. The van der Waals surface area contributed by atoms with Crippen molar-refractivity contribution in [1.82, 2.24) is 15.3 Å². The molecule has 2 aromatic rings. The molecule has 0 saturated carbocycles. The summed E-state index contributed by atoms with van der Waals surface area (Å²) in [7, 11) is 1.93. The molecule has 2 rings (SSSR count). The van der Waals surface area contributed by atoms with Gasteiger partial charge in [-0.05, 0) is 44.2 Å². The molecule has 2 aromatic heterocycles. The molecule has 1 unspecified atom stereocenters. The molecule has 0 spiro atoms. The Balaban J connectivity index is 2.23. The Kier molecular flexibility index (Phi) is 4.28. The van der Waals surface area contributed by atoms with Crippen molar-refractivity contribution in [1.29, 1.82) is 0 Å². The van der Waals surface area contributed by atoms with Gasteiger partial charge < -0.3 is 5.32 Å². The summed E-state index contributed by atoms with van der Waals surface area (Å²) in [5.41, 5.74) is 3.13. The number of rotatable bonds is 4. The number of halogens is 1. The lowest BCUT2D eigenvalue weighted by molar-refractivity contribution is 0.574. The third-order valence-electron chi connectivity index (χ3n) is 2.90. The normalized spacial score (nSPS) is 12.4. The van der Waals surface area contributed by atoms with Crippen LogP contribution in [0.25, 0.3) is 0 Å². The van der Waals surface area contributed by atoms with Crippen molar-refractivity contribution in [3.8, 4) is 0 Å². The van der Waals surface area contributed by atoms with Gasteiger partial charge in [0.1, 0.15) is 0 Å². The van der Waals surface area contributed by atoms with E-state index >= 15 is 0 Å². The third-order valence-corrected chi connectivity index (χ3v) is 3.24. The number of hydrogen-bond donors (Lipinski definition) is 1. The molecule has 1 atom stereocenters. The molecule has 0 fully saturated rings. The number of pyridine rings is 2. The van der Waals surface area contributed by atoms with Crippen molar-refractivity contribution in [2.45, 2.75) is 19.4 Å². The van der Waals surface area contributed by atoms with E-state index in [1.54, 1.807) is 12.4 Å². The molecule has 18 heavy (non-hydrogen) atoms. The van der Waals surface area contributed by atoms with E-state index in [9.17, 15) is 0 Å². The van der Waals surface area contributed by atoms with Crippen LogP contribution in [0, 0.1) is 6.92 Å². The van der Waals surface area contributed by atoms with Gasteiger partial charge in [0.2, 0.25) is 0 Å². The first kappa shape index (κ1) is 13.0. The molecule has 0 aliphatic heterocycles. The highest BCUT2D eigenvalue weighted by Crippen LogP contribution is 2.21. The van der Waals surface area contributed by atoms with Gasteiger partial charge in [0.05, 0.1) is 16.8 Å². The molecule has 1 N–H and O–H groups in total. The molecule has 0 bridgehead atoms. The first-order chi connectivity index (χ1) is 8.70. The Morgan fingerprint density at radius 3 is 2.83 bits per heavy atom. The molecule has 0 radical (unpaired) electrons. The molecule has 2 heterocycles. The SMILES string of the molecule is CNC(Cc1ccncc1Cl)c1cccc(C)n1. The highest BCUT2D eigenvalue weighted by Gasteiger charge is 2.13. The van der Waals surface area contributed by atoms with Gasteiger partial charge in [0.15, 0.2) is 0 Å². The van der Waals surface area contributed by atoms with E-state index < -0.39 is 0 Å².